The predicted octanol–water partition coefficient (Wildman–Crippen LogP) is 2.21. The van der Waals surface area contributed by atoms with E-state index in [0.29, 0.717) is 41.9 Å². The van der Waals surface area contributed by atoms with E-state index >= 15 is 0 Å². The summed E-state index contributed by atoms with van der Waals surface area (Å²) in [5.74, 6) is 1.32. The topological polar surface area (TPSA) is 91.1 Å². The Morgan fingerprint density at radius 3 is 2.88 bits per heavy atom. The molecular formula is C16H16ClN5O2. The van der Waals surface area contributed by atoms with Gasteiger partial charge in [0.25, 0.3) is 0 Å². The van der Waals surface area contributed by atoms with Gasteiger partial charge in [0.05, 0.1) is 18.9 Å². The van der Waals surface area contributed by atoms with Gasteiger partial charge in [-0.3, -0.25) is 4.90 Å². The Kier molecular flexibility index (Phi) is 3.84. The molecule has 1 unspecified atom stereocenters. The number of halogens is 1. The van der Waals surface area contributed by atoms with Crippen molar-refractivity contribution in [3.63, 3.8) is 0 Å². The average Bonchev–Trinajstić information content (AvgIpc) is 3.30. The molecule has 0 radical (unpaired) electrons. The van der Waals surface area contributed by atoms with Gasteiger partial charge in [-0.15, -0.1) is 0 Å². The van der Waals surface area contributed by atoms with Crippen LogP contribution >= 0.6 is 11.6 Å². The summed E-state index contributed by atoms with van der Waals surface area (Å²) >= 11 is 5.90. The molecule has 4 rings (SSSR count). The molecule has 1 aliphatic rings. The van der Waals surface area contributed by atoms with Gasteiger partial charge in [-0.25, -0.2) is 4.98 Å². The Labute approximate surface area is 143 Å². The molecule has 2 N–H and O–H groups in total. The number of benzene rings is 1. The standard InChI is InChI=1S/C16H16ClN5O2/c17-12-3-1-11(2-4-12)13-7-18-15(24-13)9-22-6-5-16(23,10-22)14-8-19-21-20-14/h1-4,7-8,23H,5-6,9-10H2,(H,19,20,21). The molecule has 0 spiro atoms. The maximum atomic E-state index is 10.7. The van der Waals surface area contributed by atoms with Crippen molar-refractivity contribution >= 4 is 11.6 Å². The molecule has 0 saturated carbocycles. The monoisotopic (exact) mass is 345 g/mol. The SMILES string of the molecule is OC1(c2cn[nH]n2)CCN(Cc2ncc(-c3ccc(Cl)cc3)o2)C1. The largest absolute Gasteiger partial charge is 0.439 e. The van der Waals surface area contributed by atoms with Crippen LogP contribution in [0.15, 0.2) is 41.1 Å². The molecule has 1 aromatic carbocycles. The minimum Gasteiger partial charge on any atom is -0.439 e. The molecular weight excluding hydrogens is 330 g/mol. The fourth-order valence-corrected chi connectivity index (χ4v) is 3.09. The summed E-state index contributed by atoms with van der Waals surface area (Å²) in [6.07, 6.45) is 3.87. The van der Waals surface area contributed by atoms with Gasteiger partial charge in [0.1, 0.15) is 11.3 Å². The lowest BCUT2D eigenvalue weighted by Gasteiger charge is -2.20. The van der Waals surface area contributed by atoms with E-state index in [1.54, 1.807) is 12.4 Å². The molecule has 8 heteroatoms. The molecule has 7 nitrogen and oxygen atoms in total. The molecule has 1 saturated heterocycles. The van der Waals surface area contributed by atoms with Gasteiger partial charge in [0.15, 0.2) is 5.76 Å². The van der Waals surface area contributed by atoms with E-state index in [-0.39, 0.29) is 0 Å². The number of rotatable bonds is 4. The van der Waals surface area contributed by atoms with Crippen molar-refractivity contribution in [1.29, 1.82) is 0 Å². The number of hydrogen-bond donors (Lipinski definition) is 2. The van der Waals surface area contributed by atoms with Crippen LogP contribution in [-0.2, 0) is 12.1 Å². The lowest BCUT2D eigenvalue weighted by atomic mass is 10.0. The lowest BCUT2D eigenvalue weighted by Crippen LogP contribution is -2.31. The second-order valence-electron chi connectivity index (χ2n) is 5.97. The first kappa shape index (κ1) is 15.3. The second kappa shape index (κ2) is 6.01. The molecule has 1 atom stereocenters. The predicted molar refractivity (Wildman–Crippen MR) is 87.1 cm³/mol. The van der Waals surface area contributed by atoms with Crippen LogP contribution in [0.5, 0.6) is 0 Å². The first-order valence-corrected chi connectivity index (χ1v) is 8.02. The van der Waals surface area contributed by atoms with Crippen molar-refractivity contribution in [1.82, 2.24) is 25.3 Å². The zero-order valence-corrected chi connectivity index (χ0v) is 13.6. The number of oxazole rings is 1. The Morgan fingerprint density at radius 1 is 1.29 bits per heavy atom. The van der Waals surface area contributed by atoms with Crippen molar-refractivity contribution in [2.75, 3.05) is 13.1 Å². The number of nitrogens with zero attached hydrogens (tertiary/aromatic N) is 4. The average molecular weight is 346 g/mol. The van der Waals surface area contributed by atoms with Crippen LogP contribution < -0.4 is 0 Å². The molecule has 3 aromatic rings. The number of hydrogen-bond acceptors (Lipinski definition) is 6. The third kappa shape index (κ3) is 2.93. The highest BCUT2D eigenvalue weighted by Crippen LogP contribution is 2.31. The molecule has 124 valence electrons. The van der Waals surface area contributed by atoms with Gasteiger partial charge < -0.3 is 9.52 Å². The Bertz CT molecular complexity index is 817. The Morgan fingerprint density at radius 2 is 2.12 bits per heavy atom. The van der Waals surface area contributed by atoms with Crippen molar-refractivity contribution in [3.8, 4) is 11.3 Å². The van der Waals surface area contributed by atoms with Gasteiger partial charge in [-0.1, -0.05) is 11.6 Å². The van der Waals surface area contributed by atoms with Gasteiger partial charge in [0.2, 0.25) is 5.89 Å². The molecule has 2 aromatic heterocycles. The summed E-state index contributed by atoms with van der Waals surface area (Å²) in [5.41, 5.74) is 0.524. The second-order valence-corrected chi connectivity index (χ2v) is 6.41. The first-order valence-electron chi connectivity index (χ1n) is 7.64. The van der Waals surface area contributed by atoms with Gasteiger partial charge in [-0.2, -0.15) is 15.4 Å². The molecule has 3 heterocycles. The highest BCUT2D eigenvalue weighted by molar-refractivity contribution is 6.30. The highest BCUT2D eigenvalue weighted by Gasteiger charge is 2.40. The zero-order valence-electron chi connectivity index (χ0n) is 12.8. The maximum Gasteiger partial charge on any atom is 0.209 e. The van der Waals surface area contributed by atoms with Crippen LogP contribution in [0.1, 0.15) is 18.0 Å². The van der Waals surface area contributed by atoms with Crippen LogP contribution in [0.2, 0.25) is 5.02 Å². The van der Waals surface area contributed by atoms with Crippen molar-refractivity contribution < 1.29 is 9.52 Å². The number of β-amino-alcohol motifs (C(OH)–C–C–N with tert-alkyl or cyclic N) is 1. The van der Waals surface area contributed by atoms with Crippen molar-refractivity contribution in [2.24, 2.45) is 0 Å². The first-order chi connectivity index (χ1) is 11.6. The fourth-order valence-electron chi connectivity index (χ4n) is 2.96. The molecule has 0 amide bonds. The van der Waals surface area contributed by atoms with Crippen LogP contribution in [0.3, 0.4) is 0 Å². The third-order valence-corrected chi connectivity index (χ3v) is 4.51. The van der Waals surface area contributed by atoms with Crippen LogP contribution in [0, 0.1) is 0 Å². The number of H-pyrrole nitrogens is 1. The number of nitrogens with one attached hydrogen (secondary N) is 1. The van der Waals surface area contributed by atoms with Crippen molar-refractivity contribution in [3.05, 3.63) is 53.3 Å². The summed E-state index contributed by atoms with van der Waals surface area (Å²) < 4.78 is 5.82. The van der Waals surface area contributed by atoms with Crippen molar-refractivity contribution in [2.45, 2.75) is 18.6 Å². The Balaban J connectivity index is 1.44. The molecule has 24 heavy (non-hydrogen) atoms. The number of likely N-dealkylation sites (tertiary alicyclic amines) is 1. The van der Waals surface area contributed by atoms with E-state index in [1.807, 2.05) is 24.3 Å². The number of aromatic nitrogens is 4. The van der Waals surface area contributed by atoms with E-state index in [2.05, 4.69) is 25.3 Å². The normalized spacial score (nSPS) is 21.4. The summed E-state index contributed by atoms with van der Waals surface area (Å²) in [6.45, 7) is 1.74. The summed E-state index contributed by atoms with van der Waals surface area (Å²) in [5, 5.41) is 21.7. The van der Waals surface area contributed by atoms with Crippen LogP contribution in [0.25, 0.3) is 11.3 Å². The van der Waals surface area contributed by atoms with Crippen LogP contribution in [-0.4, -0.2) is 43.5 Å². The van der Waals surface area contributed by atoms with E-state index < -0.39 is 5.60 Å². The van der Waals surface area contributed by atoms with Gasteiger partial charge >= 0.3 is 0 Å². The molecule has 1 aliphatic heterocycles. The minimum atomic E-state index is -0.974. The van der Waals surface area contributed by atoms with E-state index in [4.69, 9.17) is 16.0 Å². The van der Waals surface area contributed by atoms with E-state index in [0.717, 1.165) is 12.1 Å². The zero-order chi connectivity index (χ0) is 16.6. The maximum absolute atomic E-state index is 10.7. The highest BCUT2D eigenvalue weighted by atomic mass is 35.5. The van der Waals surface area contributed by atoms with Gasteiger partial charge in [-0.05, 0) is 30.7 Å². The Hall–Kier alpha value is -2.22. The lowest BCUT2D eigenvalue weighted by molar-refractivity contribution is 0.0400. The third-order valence-electron chi connectivity index (χ3n) is 4.26. The summed E-state index contributed by atoms with van der Waals surface area (Å²) in [6, 6.07) is 7.42. The van der Waals surface area contributed by atoms with Gasteiger partial charge in [0, 0.05) is 23.7 Å². The molecule has 0 bridgehead atoms. The van der Waals surface area contributed by atoms with E-state index in [9.17, 15) is 5.11 Å². The number of aliphatic hydroxyl groups is 1. The van der Waals surface area contributed by atoms with Crippen LogP contribution in [0.4, 0.5) is 0 Å². The quantitative estimate of drug-likeness (QED) is 0.753. The summed E-state index contributed by atoms with van der Waals surface area (Å²) in [4.78, 5) is 6.42. The van der Waals surface area contributed by atoms with E-state index in [1.165, 1.54) is 0 Å². The number of aromatic amines is 1. The molecule has 0 aliphatic carbocycles. The minimum absolute atomic E-state index is 0.470. The summed E-state index contributed by atoms with van der Waals surface area (Å²) in [7, 11) is 0. The molecule has 1 fully saturated rings. The fraction of sp³-hybridized carbons (Fsp3) is 0.312. The smallest absolute Gasteiger partial charge is 0.209 e.